The van der Waals surface area contributed by atoms with Gasteiger partial charge in [-0.1, -0.05) is 60.1 Å². The van der Waals surface area contributed by atoms with Crippen LogP contribution in [-0.2, 0) is 29.5 Å². The largest absolute Gasteiger partial charge is 0.361 e. The summed E-state index contributed by atoms with van der Waals surface area (Å²) in [5.74, 6) is 0. The monoisotopic (exact) mass is 531 g/mol. The fourth-order valence-corrected chi connectivity index (χ4v) is 6.78. The number of aromatic amines is 1. The third kappa shape index (κ3) is 5.39. The van der Waals surface area contributed by atoms with E-state index in [2.05, 4.69) is 27.0 Å². The SMILES string of the molecule is N#Cc1ccc(S(=O)(=O)N2Cc3ccccc3N(Cc3cnc[nH]3)C(CCc3ccccc3)C2)c(Cl)c1. The number of para-hydroxylation sites is 1. The summed E-state index contributed by atoms with van der Waals surface area (Å²) in [6.07, 6.45) is 5.01. The first-order valence-electron chi connectivity index (χ1n) is 12.0. The molecule has 37 heavy (non-hydrogen) atoms. The van der Waals surface area contributed by atoms with Gasteiger partial charge in [-0.05, 0) is 48.2 Å². The van der Waals surface area contributed by atoms with Crippen molar-refractivity contribution in [1.29, 1.82) is 5.26 Å². The number of anilines is 1. The number of rotatable bonds is 7. The van der Waals surface area contributed by atoms with E-state index in [9.17, 15) is 13.7 Å². The highest BCUT2D eigenvalue weighted by Gasteiger charge is 2.35. The molecular weight excluding hydrogens is 506 g/mol. The van der Waals surface area contributed by atoms with E-state index < -0.39 is 10.0 Å². The number of imidazole rings is 1. The second kappa shape index (κ2) is 10.8. The second-order valence-electron chi connectivity index (χ2n) is 9.07. The third-order valence-corrected chi connectivity index (χ3v) is 8.98. The molecule has 1 unspecified atom stereocenters. The molecule has 2 heterocycles. The average Bonchev–Trinajstić information content (AvgIpc) is 3.37. The van der Waals surface area contributed by atoms with E-state index in [4.69, 9.17) is 11.6 Å². The summed E-state index contributed by atoms with van der Waals surface area (Å²) in [5, 5.41) is 9.24. The van der Waals surface area contributed by atoms with E-state index in [0.29, 0.717) is 12.1 Å². The number of sulfonamides is 1. The van der Waals surface area contributed by atoms with Gasteiger partial charge in [0.25, 0.3) is 0 Å². The van der Waals surface area contributed by atoms with Crippen molar-refractivity contribution < 1.29 is 8.42 Å². The zero-order valence-electron chi connectivity index (χ0n) is 20.1. The maximum absolute atomic E-state index is 13.9. The van der Waals surface area contributed by atoms with E-state index in [1.54, 1.807) is 12.5 Å². The van der Waals surface area contributed by atoms with E-state index in [0.717, 1.165) is 29.8 Å². The highest BCUT2D eigenvalue weighted by molar-refractivity contribution is 7.89. The molecule has 9 heteroatoms. The maximum atomic E-state index is 13.9. The first-order chi connectivity index (χ1) is 18.0. The zero-order valence-corrected chi connectivity index (χ0v) is 21.7. The van der Waals surface area contributed by atoms with Crippen LogP contribution in [0.25, 0.3) is 0 Å². The Labute approximate surface area is 222 Å². The molecule has 1 aliphatic heterocycles. The number of aryl methyl sites for hydroxylation is 1. The van der Waals surface area contributed by atoms with E-state index in [-0.39, 0.29) is 29.0 Å². The molecule has 0 saturated heterocycles. The fourth-order valence-electron chi connectivity index (χ4n) is 4.81. The molecule has 5 rings (SSSR count). The summed E-state index contributed by atoms with van der Waals surface area (Å²) in [6, 6.07) is 24.3. The van der Waals surface area contributed by atoms with Crippen molar-refractivity contribution in [2.75, 3.05) is 11.4 Å². The molecule has 4 aromatic rings. The number of H-pyrrole nitrogens is 1. The lowest BCUT2D eigenvalue weighted by molar-refractivity contribution is 0.370. The molecule has 1 N–H and O–H groups in total. The molecule has 0 bridgehead atoms. The van der Waals surface area contributed by atoms with Crippen LogP contribution in [-0.4, -0.2) is 35.3 Å². The van der Waals surface area contributed by atoms with Crippen molar-refractivity contribution in [2.24, 2.45) is 0 Å². The molecule has 0 amide bonds. The Morgan fingerprint density at radius 1 is 1.08 bits per heavy atom. The standard InChI is InChI=1S/C28H26ClN5O2S/c29-26-14-22(15-30)11-13-28(26)37(35,36)33-17-23-8-4-5-9-27(23)34(18-24-16-31-20-32-24)25(19-33)12-10-21-6-2-1-3-7-21/h1-9,11,13-14,16,20,25H,10,12,17-19H2,(H,31,32). The number of halogens is 1. The maximum Gasteiger partial charge on any atom is 0.244 e. The Hall–Kier alpha value is -3.64. The molecule has 3 aromatic carbocycles. The Morgan fingerprint density at radius 3 is 2.59 bits per heavy atom. The normalized spacial score (nSPS) is 16.1. The van der Waals surface area contributed by atoms with Crippen molar-refractivity contribution in [2.45, 2.75) is 36.9 Å². The quantitative estimate of drug-likeness (QED) is 0.356. The third-order valence-electron chi connectivity index (χ3n) is 6.69. The summed E-state index contributed by atoms with van der Waals surface area (Å²) in [4.78, 5) is 9.65. The number of nitrogens with zero attached hydrogens (tertiary/aromatic N) is 4. The van der Waals surface area contributed by atoms with Crippen LogP contribution in [0.4, 0.5) is 5.69 Å². The molecule has 188 valence electrons. The topological polar surface area (TPSA) is 93.1 Å². The second-order valence-corrected chi connectivity index (χ2v) is 11.4. The Morgan fingerprint density at radius 2 is 1.86 bits per heavy atom. The Balaban J connectivity index is 1.55. The molecule has 0 fully saturated rings. The number of hydrogen-bond donors (Lipinski definition) is 1. The summed E-state index contributed by atoms with van der Waals surface area (Å²) >= 11 is 6.38. The van der Waals surface area contributed by atoms with Gasteiger partial charge in [-0.3, -0.25) is 0 Å². The molecule has 7 nitrogen and oxygen atoms in total. The number of hydrogen-bond acceptors (Lipinski definition) is 5. The number of fused-ring (bicyclic) bond motifs is 1. The van der Waals surface area contributed by atoms with Crippen molar-refractivity contribution in [3.05, 3.63) is 113 Å². The Bertz CT molecular complexity index is 1520. The van der Waals surface area contributed by atoms with Gasteiger partial charge in [0.2, 0.25) is 10.0 Å². The van der Waals surface area contributed by atoms with Crippen LogP contribution in [0.1, 0.15) is 28.8 Å². The summed E-state index contributed by atoms with van der Waals surface area (Å²) in [5.41, 5.74) is 4.38. The molecule has 0 saturated carbocycles. The molecule has 1 atom stereocenters. The molecule has 1 aliphatic rings. The highest BCUT2D eigenvalue weighted by atomic mass is 35.5. The minimum atomic E-state index is -3.94. The van der Waals surface area contributed by atoms with Crippen LogP contribution in [0.5, 0.6) is 0 Å². The van der Waals surface area contributed by atoms with Crippen LogP contribution in [0.15, 0.2) is 90.2 Å². The van der Waals surface area contributed by atoms with E-state index in [1.165, 1.54) is 28.1 Å². The average molecular weight is 532 g/mol. The van der Waals surface area contributed by atoms with Crippen LogP contribution in [0, 0.1) is 11.3 Å². The highest BCUT2D eigenvalue weighted by Crippen LogP contribution is 2.34. The molecule has 0 aliphatic carbocycles. The van der Waals surface area contributed by atoms with Crippen LogP contribution in [0.2, 0.25) is 5.02 Å². The molecule has 1 aromatic heterocycles. The van der Waals surface area contributed by atoms with Crippen molar-refractivity contribution in [1.82, 2.24) is 14.3 Å². The first kappa shape index (κ1) is 25.0. The van der Waals surface area contributed by atoms with Crippen LogP contribution < -0.4 is 4.90 Å². The lowest BCUT2D eigenvalue weighted by atomic mass is 10.0. The Kier molecular flexibility index (Phi) is 7.28. The van der Waals surface area contributed by atoms with E-state index in [1.807, 2.05) is 48.5 Å². The minimum Gasteiger partial charge on any atom is -0.361 e. The van der Waals surface area contributed by atoms with Crippen molar-refractivity contribution in [3.63, 3.8) is 0 Å². The van der Waals surface area contributed by atoms with Crippen molar-refractivity contribution in [3.8, 4) is 6.07 Å². The molecular formula is C28H26ClN5O2S. The smallest absolute Gasteiger partial charge is 0.244 e. The number of benzene rings is 3. The van der Waals surface area contributed by atoms with Gasteiger partial charge in [-0.2, -0.15) is 9.57 Å². The summed E-state index contributed by atoms with van der Waals surface area (Å²) in [7, 11) is -3.94. The predicted molar refractivity (Wildman–Crippen MR) is 144 cm³/mol. The van der Waals surface area contributed by atoms with Crippen LogP contribution in [0.3, 0.4) is 0 Å². The van der Waals surface area contributed by atoms with Gasteiger partial charge in [0.1, 0.15) is 4.90 Å². The molecule has 0 spiro atoms. The van der Waals surface area contributed by atoms with Gasteiger partial charge >= 0.3 is 0 Å². The lowest BCUT2D eigenvalue weighted by Crippen LogP contribution is -2.43. The first-order valence-corrected chi connectivity index (χ1v) is 13.8. The fraction of sp³-hybridized carbons (Fsp3) is 0.214. The number of aromatic nitrogens is 2. The summed E-state index contributed by atoms with van der Waals surface area (Å²) in [6.45, 7) is 1.08. The van der Waals surface area contributed by atoms with Gasteiger partial charge in [0.15, 0.2) is 0 Å². The van der Waals surface area contributed by atoms with Crippen molar-refractivity contribution >= 4 is 27.3 Å². The number of nitriles is 1. The number of nitrogens with one attached hydrogen (secondary N) is 1. The zero-order chi connectivity index (χ0) is 25.8. The minimum absolute atomic E-state index is 0.00877. The lowest BCUT2D eigenvalue weighted by Gasteiger charge is -2.34. The summed E-state index contributed by atoms with van der Waals surface area (Å²) < 4.78 is 29.4. The van der Waals surface area contributed by atoms with E-state index >= 15 is 0 Å². The van der Waals surface area contributed by atoms with Gasteiger partial charge in [0, 0.05) is 31.0 Å². The molecule has 0 radical (unpaired) electrons. The van der Waals surface area contributed by atoms with Gasteiger partial charge < -0.3 is 9.88 Å². The predicted octanol–water partition coefficient (Wildman–Crippen LogP) is 5.15. The van der Waals surface area contributed by atoms with Gasteiger partial charge in [0.05, 0.1) is 35.2 Å². The van der Waals surface area contributed by atoms with Gasteiger partial charge in [-0.25, -0.2) is 13.4 Å². The van der Waals surface area contributed by atoms with Gasteiger partial charge in [-0.15, -0.1) is 0 Å². The van der Waals surface area contributed by atoms with Crippen LogP contribution >= 0.6 is 11.6 Å².